The Labute approximate surface area is 128 Å². The van der Waals surface area contributed by atoms with Crippen LogP contribution in [0.2, 0.25) is 0 Å². The van der Waals surface area contributed by atoms with Crippen molar-refractivity contribution in [3.8, 4) is 0 Å². The minimum atomic E-state index is -0.402. The van der Waals surface area contributed by atoms with Crippen molar-refractivity contribution in [1.82, 2.24) is 0 Å². The molecule has 0 aromatic carbocycles. The molecule has 0 heterocycles. The van der Waals surface area contributed by atoms with Crippen LogP contribution in [0.3, 0.4) is 0 Å². The molecule has 0 bridgehead atoms. The van der Waals surface area contributed by atoms with E-state index in [1.54, 1.807) is 0 Å². The van der Waals surface area contributed by atoms with Gasteiger partial charge in [0.25, 0.3) is 0 Å². The van der Waals surface area contributed by atoms with Crippen molar-refractivity contribution >= 4 is 11.6 Å². The number of Topliss-reactive ketones (excluding diaryl/α,β-unsaturated/α-hetero) is 2. The first kappa shape index (κ1) is 17.3. The summed E-state index contributed by atoms with van der Waals surface area (Å²) in [6.45, 7) is 11.0. The summed E-state index contributed by atoms with van der Waals surface area (Å²) in [4.78, 5) is 23.0. The largest absolute Gasteiger partial charge is 2.00 e. The Morgan fingerprint density at radius 3 is 1.14 bits per heavy atom. The van der Waals surface area contributed by atoms with Crippen molar-refractivity contribution in [3.05, 3.63) is 0 Å². The monoisotopic (exact) mass is 337 g/mol. The van der Waals surface area contributed by atoms with Crippen molar-refractivity contribution in [3.63, 3.8) is 0 Å². The topological polar surface area (TPSA) is 34.1 Å². The third-order valence-electron chi connectivity index (χ3n) is 1.99. The summed E-state index contributed by atoms with van der Waals surface area (Å²) in [6, 6.07) is 0. The third-order valence-corrected chi connectivity index (χ3v) is 1.99. The van der Waals surface area contributed by atoms with E-state index in [0.29, 0.717) is 0 Å². The molecule has 1 radical (unpaired) electrons. The first-order valence-corrected chi connectivity index (χ1v) is 4.62. The Kier molecular flexibility index (Phi) is 7.25. The predicted molar refractivity (Wildman–Crippen MR) is 53.5 cm³/mol. The summed E-state index contributed by atoms with van der Waals surface area (Å²) in [5.74, 6) is 0.0415. The molecule has 0 N–H and O–H groups in total. The van der Waals surface area contributed by atoms with Crippen LogP contribution in [0.5, 0.6) is 0 Å². The molecule has 0 aromatic rings. The van der Waals surface area contributed by atoms with Gasteiger partial charge >= 0.3 is 49.4 Å². The minimum absolute atomic E-state index is 0. The van der Waals surface area contributed by atoms with Gasteiger partial charge in [0.05, 0.1) is 6.42 Å². The van der Waals surface area contributed by atoms with Crippen LogP contribution in [0.25, 0.3) is 0 Å². The molecule has 0 aliphatic heterocycles. The molecule has 81 valence electrons. The van der Waals surface area contributed by atoms with Gasteiger partial charge in [-0.2, -0.15) is 0 Å². The number of carbonyl (C=O) groups excluding carboxylic acids is 2. The zero-order valence-electron chi connectivity index (χ0n) is 9.90. The molecular weight excluding hydrogens is 316 g/mol. The second-order valence-corrected chi connectivity index (χ2v) is 5.52. The van der Waals surface area contributed by atoms with Crippen LogP contribution in [-0.4, -0.2) is 11.6 Å². The summed E-state index contributed by atoms with van der Waals surface area (Å²) in [5.41, 5.74) is -0.804. The maximum absolute atomic E-state index is 11.5. The summed E-state index contributed by atoms with van der Waals surface area (Å²) >= 11 is 0. The first-order valence-electron chi connectivity index (χ1n) is 4.62. The molecule has 0 rings (SSSR count). The van der Waals surface area contributed by atoms with Crippen LogP contribution < -0.4 is 0 Å². The van der Waals surface area contributed by atoms with Gasteiger partial charge in [0, 0.05) is 10.8 Å². The maximum atomic E-state index is 11.5. The fourth-order valence-electron chi connectivity index (χ4n) is 0.676. The Bertz CT molecular complexity index is 194. The van der Waals surface area contributed by atoms with Gasteiger partial charge in [0.1, 0.15) is 11.6 Å². The van der Waals surface area contributed by atoms with Gasteiger partial charge in [-0.05, 0) is 0 Å². The Hall–Kier alpha value is 0.924. The Morgan fingerprint density at radius 1 is 0.786 bits per heavy atom. The van der Waals surface area contributed by atoms with E-state index in [2.05, 4.69) is 0 Å². The molecule has 0 aromatic heterocycles. The van der Waals surface area contributed by atoms with Gasteiger partial charge in [-0.1, -0.05) is 41.5 Å². The molecule has 0 aliphatic carbocycles. The molecule has 0 saturated heterocycles. The molecule has 0 amide bonds. The van der Waals surface area contributed by atoms with E-state index in [1.807, 2.05) is 41.5 Å². The predicted octanol–water partition coefficient (Wildman–Crippen LogP) is 2.61. The Balaban J connectivity index is 0. The SMILES string of the molecule is CC(C)(C)C(=O)CC(=O)C(C)(C)C.[Eu+2]. The smallest absolute Gasteiger partial charge is 0.299 e. The minimum Gasteiger partial charge on any atom is -0.299 e. The van der Waals surface area contributed by atoms with Crippen LogP contribution in [0.4, 0.5) is 0 Å². The average molecular weight is 336 g/mol. The van der Waals surface area contributed by atoms with Crippen LogP contribution in [0.15, 0.2) is 0 Å². The molecule has 0 atom stereocenters. The van der Waals surface area contributed by atoms with Crippen molar-refractivity contribution in [1.29, 1.82) is 0 Å². The second kappa shape index (κ2) is 5.86. The second-order valence-electron chi connectivity index (χ2n) is 5.52. The maximum Gasteiger partial charge on any atom is 2.00 e. The zero-order valence-corrected chi connectivity index (χ0v) is 12.3. The summed E-state index contributed by atoms with van der Waals surface area (Å²) in [5, 5.41) is 0. The fourth-order valence-corrected chi connectivity index (χ4v) is 0.676. The molecule has 0 aliphatic rings. The van der Waals surface area contributed by atoms with Crippen LogP contribution in [0.1, 0.15) is 48.0 Å². The number of rotatable bonds is 2. The summed E-state index contributed by atoms with van der Waals surface area (Å²) in [6.07, 6.45) is 0.0625. The molecule has 3 heteroatoms. The van der Waals surface area contributed by atoms with E-state index in [-0.39, 0.29) is 67.4 Å². The van der Waals surface area contributed by atoms with Gasteiger partial charge in [-0.15, -0.1) is 0 Å². The van der Waals surface area contributed by atoms with Crippen LogP contribution in [0, 0.1) is 60.2 Å². The van der Waals surface area contributed by atoms with Crippen LogP contribution >= 0.6 is 0 Å². The number of hydrogen-bond acceptors (Lipinski definition) is 2. The Morgan fingerprint density at radius 2 is 1.00 bits per heavy atom. The third kappa shape index (κ3) is 6.42. The standard InChI is InChI=1S/C11H20O2.Eu/c1-10(2,3)8(12)7-9(13)11(4,5)6;/h7H2,1-6H3;/q;+2. The van der Waals surface area contributed by atoms with E-state index in [1.165, 1.54) is 0 Å². The fraction of sp³-hybridized carbons (Fsp3) is 0.818. The average Bonchev–Trinajstić information content (AvgIpc) is 1.82. The molecule has 0 unspecified atom stereocenters. The molecule has 0 spiro atoms. The molecule has 14 heavy (non-hydrogen) atoms. The first-order chi connectivity index (χ1) is 5.55. The summed E-state index contributed by atoms with van der Waals surface area (Å²) < 4.78 is 0. The van der Waals surface area contributed by atoms with Crippen molar-refractivity contribution < 1.29 is 59.0 Å². The van der Waals surface area contributed by atoms with Crippen LogP contribution in [-0.2, 0) is 9.59 Å². The van der Waals surface area contributed by atoms with Crippen molar-refractivity contribution in [2.75, 3.05) is 0 Å². The molecular formula is C11H20EuO2+2. The van der Waals surface area contributed by atoms with E-state index >= 15 is 0 Å². The van der Waals surface area contributed by atoms with Crippen molar-refractivity contribution in [2.45, 2.75) is 48.0 Å². The molecule has 2 nitrogen and oxygen atoms in total. The van der Waals surface area contributed by atoms with Gasteiger partial charge in [0.2, 0.25) is 0 Å². The van der Waals surface area contributed by atoms with E-state index in [4.69, 9.17) is 0 Å². The van der Waals surface area contributed by atoms with Gasteiger partial charge < -0.3 is 0 Å². The number of ketones is 2. The molecule has 0 fully saturated rings. The number of carbonyl (C=O) groups is 2. The van der Waals surface area contributed by atoms with E-state index in [9.17, 15) is 9.59 Å². The number of hydrogen-bond donors (Lipinski definition) is 0. The van der Waals surface area contributed by atoms with Gasteiger partial charge in [0.15, 0.2) is 0 Å². The van der Waals surface area contributed by atoms with Gasteiger partial charge in [-0.25, -0.2) is 0 Å². The van der Waals surface area contributed by atoms with Gasteiger partial charge in [-0.3, -0.25) is 9.59 Å². The zero-order chi connectivity index (χ0) is 10.9. The summed E-state index contributed by atoms with van der Waals surface area (Å²) in [7, 11) is 0. The normalized spacial score (nSPS) is 11.9. The van der Waals surface area contributed by atoms with E-state index < -0.39 is 10.8 Å². The van der Waals surface area contributed by atoms with E-state index in [0.717, 1.165) is 0 Å². The molecule has 0 saturated carbocycles. The van der Waals surface area contributed by atoms with Crippen molar-refractivity contribution in [2.24, 2.45) is 10.8 Å². The quantitative estimate of drug-likeness (QED) is 0.727.